The van der Waals surface area contributed by atoms with E-state index >= 15 is 0 Å². The highest BCUT2D eigenvalue weighted by Gasteiger charge is 2.39. The van der Waals surface area contributed by atoms with Crippen LogP contribution in [0.15, 0.2) is 30.6 Å². The number of rotatable bonds is 8. The van der Waals surface area contributed by atoms with Gasteiger partial charge in [0.2, 0.25) is 8.32 Å². The van der Waals surface area contributed by atoms with Crippen molar-refractivity contribution in [1.29, 1.82) is 0 Å². The Morgan fingerprint density at radius 2 is 1.94 bits per heavy atom. The number of nitrogens with two attached hydrogens (primary N) is 2. The second-order valence-corrected chi connectivity index (χ2v) is 14.9. The minimum Gasteiger partial charge on any atom is -0.543 e. The molecule has 0 atom stereocenters. The van der Waals surface area contributed by atoms with Gasteiger partial charge in [-0.3, -0.25) is 0 Å². The maximum absolute atomic E-state index is 10.8. The fraction of sp³-hybridized carbons (Fsp3) is 0.417. The summed E-state index contributed by atoms with van der Waals surface area (Å²) in [6, 6.07) is 8.14. The fourth-order valence-electron chi connectivity index (χ4n) is 3.66. The number of unbranched alkanes of at least 4 members (excludes halogenated alkanes) is 1. The molecule has 186 valence electrons. The molecule has 0 radical (unpaired) electrons. The van der Waals surface area contributed by atoms with E-state index in [-0.39, 0.29) is 11.6 Å². The van der Waals surface area contributed by atoms with E-state index in [1.165, 1.54) is 6.33 Å². The molecular formula is C24H33N7O3Si. The molecule has 4 aromatic rings. The first kappa shape index (κ1) is 24.5. The maximum atomic E-state index is 10.8. The smallest absolute Gasteiger partial charge is 0.404 e. The fourth-order valence-corrected chi connectivity index (χ4v) is 4.68. The number of nitrogens with one attached hydrogen (secondary N) is 1. The predicted octanol–water partition coefficient (Wildman–Crippen LogP) is 4.82. The van der Waals surface area contributed by atoms with Crippen LogP contribution >= 0.6 is 0 Å². The number of aromatic nitrogens is 5. The van der Waals surface area contributed by atoms with Gasteiger partial charge in [-0.25, -0.2) is 19.4 Å². The highest BCUT2D eigenvalue weighted by molar-refractivity contribution is 6.74. The molecule has 0 fully saturated rings. The molecule has 0 spiro atoms. The number of nitrogen functional groups attached to an aromatic ring is 1. The Hall–Kier alpha value is -3.60. The Kier molecular flexibility index (Phi) is 6.45. The van der Waals surface area contributed by atoms with E-state index in [1.54, 1.807) is 0 Å². The molecule has 5 N–H and O–H groups in total. The summed E-state index contributed by atoms with van der Waals surface area (Å²) in [7, 11) is -1.95. The first-order valence-electron chi connectivity index (χ1n) is 11.7. The second-order valence-electron chi connectivity index (χ2n) is 10.2. The van der Waals surface area contributed by atoms with E-state index in [1.807, 2.05) is 22.9 Å². The lowest BCUT2D eigenvalue weighted by Gasteiger charge is -2.36. The summed E-state index contributed by atoms with van der Waals surface area (Å²) < 4.78 is 13.1. The second kappa shape index (κ2) is 9.21. The van der Waals surface area contributed by atoms with Crippen molar-refractivity contribution in [3.63, 3.8) is 0 Å². The normalized spacial score (nSPS) is 12.4. The van der Waals surface area contributed by atoms with Crippen molar-refractivity contribution in [1.82, 2.24) is 24.7 Å². The summed E-state index contributed by atoms with van der Waals surface area (Å²) >= 11 is 0. The summed E-state index contributed by atoms with van der Waals surface area (Å²) in [5, 5.41) is 6.65. The van der Waals surface area contributed by atoms with Crippen molar-refractivity contribution < 1.29 is 14.0 Å². The van der Waals surface area contributed by atoms with Gasteiger partial charge in [0.15, 0.2) is 5.65 Å². The van der Waals surface area contributed by atoms with E-state index in [4.69, 9.17) is 25.7 Å². The van der Waals surface area contributed by atoms with Gasteiger partial charge in [-0.1, -0.05) is 20.8 Å². The standard InChI is InChI=1S/C24H33N7O3Si/c1-24(2,3)35(4,5)34-16-8-9-17-15(12-16)13-18(29-17)20-19-21(25)27-14-28-22(19)31(30-20)10-6-7-11-33-23(26)32/h8-9,12-14,29H,6-7,10-11H2,1-5H3,(H2,26,32)(H2,25,27,28). The van der Waals surface area contributed by atoms with Crippen molar-refractivity contribution in [2.45, 2.75) is 58.3 Å². The average Bonchev–Trinajstić information content (AvgIpc) is 3.34. The van der Waals surface area contributed by atoms with Crippen LogP contribution in [0, 0.1) is 0 Å². The average molecular weight is 496 g/mol. The van der Waals surface area contributed by atoms with Gasteiger partial charge in [0.1, 0.15) is 23.6 Å². The van der Waals surface area contributed by atoms with E-state index in [0.29, 0.717) is 35.5 Å². The number of benzene rings is 1. The molecule has 0 aliphatic rings. The molecule has 4 rings (SSSR count). The molecule has 35 heavy (non-hydrogen) atoms. The zero-order valence-corrected chi connectivity index (χ0v) is 21.9. The highest BCUT2D eigenvalue weighted by atomic mass is 28.4. The number of anilines is 1. The Labute approximate surface area is 205 Å². The number of ether oxygens (including phenoxy) is 1. The van der Waals surface area contributed by atoms with Crippen LogP contribution in [0.25, 0.3) is 33.3 Å². The zero-order valence-electron chi connectivity index (χ0n) is 20.9. The zero-order chi connectivity index (χ0) is 25.4. The number of aryl methyl sites for hydroxylation is 1. The summed E-state index contributed by atoms with van der Waals surface area (Å²) in [4.78, 5) is 22.8. The highest BCUT2D eigenvalue weighted by Crippen LogP contribution is 2.38. The Bertz CT molecular complexity index is 1370. The molecule has 3 heterocycles. The van der Waals surface area contributed by atoms with Crippen molar-refractivity contribution in [2.24, 2.45) is 5.73 Å². The van der Waals surface area contributed by atoms with Gasteiger partial charge in [0, 0.05) is 17.4 Å². The number of aromatic amines is 1. The van der Waals surface area contributed by atoms with Crippen LogP contribution < -0.4 is 15.9 Å². The molecule has 0 bridgehead atoms. The Morgan fingerprint density at radius 3 is 2.66 bits per heavy atom. The topological polar surface area (TPSA) is 147 Å². The maximum Gasteiger partial charge on any atom is 0.404 e. The van der Waals surface area contributed by atoms with E-state index in [2.05, 4.69) is 54.9 Å². The molecule has 3 aromatic heterocycles. The molecule has 0 aliphatic heterocycles. The number of hydrogen-bond donors (Lipinski definition) is 3. The third kappa shape index (κ3) is 5.09. The molecule has 0 unspecified atom stereocenters. The molecular weight excluding hydrogens is 462 g/mol. The minimum absolute atomic E-state index is 0.112. The van der Waals surface area contributed by atoms with Gasteiger partial charge in [-0.2, -0.15) is 5.10 Å². The number of carbonyl (C=O) groups is 1. The van der Waals surface area contributed by atoms with Crippen LogP contribution in [-0.4, -0.2) is 45.7 Å². The van der Waals surface area contributed by atoms with Crippen molar-refractivity contribution >= 4 is 42.2 Å². The third-order valence-electron chi connectivity index (χ3n) is 6.59. The lowest BCUT2D eigenvalue weighted by molar-refractivity contribution is 0.154. The Balaban J connectivity index is 1.65. The van der Waals surface area contributed by atoms with Crippen LogP contribution in [0.1, 0.15) is 33.6 Å². The number of nitrogens with zero attached hydrogens (tertiary/aromatic N) is 4. The summed E-state index contributed by atoms with van der Waals surface area (Å²) in [6.07, 6.45) is 2.05. The largest absolute Gasteiger partial charge is 0.543 e. The van der Waals surface area contributed by atoms with Gasteiger partial charge >= 0.3 is 6.09 Å². The molecule has 0 aliphatic carbocycles. The summed E-state index contributed by atoms with van der Waals surface area (Å²) in [5.74, 6) is 1.24. The number of amides is 1. The number of fused-ring (bicyclic) bond motifs is 2. The number of primary amides is 1. The first-order chi connectivity index (χ1) is 16.5. The summed E-state index contributed by atoms with van der Waals surface area (Å²) in [6.45, 7) is 12.0. The number of hydrogen-bond acceptors (Lipinski definition) is 7. The third-order valence-corrected chi connectivity index (χ3v) is 11.0. The summed E-state index contributed by atoms with van der Waals surface area (Å²) in [5.41, 5.74) is 14.4. The van der Waals surface area contributed by atoms with Gasteiger partial charge in [0.05, 0.1) is 17.7 Å². The van der Waals surface area contributed by atoms with Crippen LogP contribution in [0.2, 0.25) is 18.1 Å². The Morgan fingerprint density at radius 1 is 1.17 bits per heavy atom. The predicted molar refractivity (Wildman–Crippen MR) is 140 cm³/mol. The van der Waals surface area contributed by atoms with Gasteiger partial charge in [-0.15, -0.1) is 0 Å². The molecule has 0 saturated carbocycles. The quantitative estimate of drug-likeness (QED) is 0.234. The van der Waals surface area contributed by atoms with Crippen LogP contribution in [0.5, 0.6) is 5.75 Å². The van der Waals surface area contributed by atoms with Crippen LogP contribution in [0.4, 0.5) is 10.6 Å². The number of carbonyl (C=O) groups excluding carboxylic acids is 1. The molecule has 1 amide bonds. The van der Waals surface area contributed by atoms with Gasteiger partial charge < -0.3 is 25.6 Å². The van der Waals surface area contributed by atoms with Crippen molar-refractivity contribution in [3.8, 4) is 17.1 Å². The lowest BCUT2D eigenvalue weighted by Crippen LogP contribution is -2.43. The van der Waals surface area contributed by atoms with Crippen molar-refractivity contribution in [2.75, 3.05) is 12.3 Å². The molecule has 1 aromatic carbocycles. The van der Waals surface area contributed by atoms with Crippen molar-refractivity contribution in [3.05, 3.63) is 30.6 Å². The molecule has 0 saturated heterocycles. The van der Waals surface area contributed by atoms with Crippen LogP contribution in [-0.2, 0) is 11.3 Å². The van der Waals surface area contributed by atoms with Gasteiger partial charge in [0.25, 0.3) is 0 Å². The van der Waals surface area contributed by atoms with Crippen LogP contribution in [0.3, 0.4) is 0 Å². The lowest BCUT2D eigenvalue weighted by atomic mass is 10.2. The van der Waals surface area contributed by atoms with Gasteiger partial charge in [-0.05, 0) is 55.2 Å². The van der Waals surface area contributed by atoms with E-state index in [0.717, 1.165) is 28.8 Å². The minimum atomic E-state index is -1.95. The number of H-pyrrole nitrogens is 1. The van der Waals surface area contributed by atoms with E-state index in [9.17, 15) is 4.79 Å². The molecule has 10 nitrogen and oxygen atoms in total. The monoisotopic (exact) mass is 495 g/mol. The first-order valence-corrected chi connectivity index (χ1v) is 14.6. The molecule has 11 heteroatoms. The van der Waals surface area contributed by atoms with E-state index < -0.39 is 14.4 Å². The SMILES string of the molecule is CC(C)(C)[Si](C)(C)Oc1ccc2[nH]c(-c3nn(CCCCOC(N)=O)c4ncnc(N)c34)cc2c1.